The zero-order valence-electron chi connectivity index (χ0n) is 13.3. The van der Waals surface area contributed by atoms with Crippen molar-refractivity contribution in [3.63, 3.8) is 0 Å². The van der Waals surface area contributed by atoms with Crippen LogP contribution in [0, 0.1) is 0 Å². The number of rotatable bonds is 2. The Labute approximate surface area is 135 Å². The molecule has 1 aromatic carbocycles. The number of nitrogens with zero attached hydrogens (tertiary/aromatic N) is 4. The lowest BCUT2D eigenvalue weighted by atomic mass is 10.2. The van der Waals surface area contributed by atoms with E-state index in [1.54, 1.807) is 0 Å². The first kappa shape index (κ1) is 13.2. The summed E-state index contributed by atoms with van der Waals surface area (Å²) in [5.41, 5.74) is 2.13. The van der Waals surface area contributed by atoms with Gasteiger partial charge < -0.3 is 14.8 Å². The molecule has 0 spiro atoms. The highest BCUT2D eigenvalue weighted by atomic mass is 15.3. The maximum Gasteiger partial charge on any atom is 0.229 e. The molecule has 2 aliphatic heterocycles. The quantitative estimate of drug-likeness (QED) is 0.789. The van der Waals surface area contributed by atoms with E-state index in [-0.39, 0.29) is 0 Å². The highest BCUT2D eigenvalue weighted by molar-refractivity contribution is 6.11. The van der Waals surface area contributed by atoms with Crippen LogP contribution < -0.4 is 9.80 Å². The van der Waals surface area contributed by atoms with Gasteiger partial charge in [0.2, 0.25) is 5.95 Å². The molecule has 0 radical (unpaired) electrons. The van der Waals surface area contributed by atoms with Crippen LogP contribution in [0.5, 0.6) is 0 Å². The molecule has 118 valence electrons. The predicted octanol–water partition coefficient (Wildman–Crippen LogP) is 3.31. The second kappa shape index (κ2) is 5.11. The number of aromatic nitrogens is 3. The zero-order valence-corrected chi connectivity index (χ0v) is 13.3. The third-order valence-corrected chi connectivity index (χ3v) is 5.12. The Morgan fingerprint density at radius 1 is 0.826 bits per heavy atom. The van der Waals surface area contributed by atoms with E-state index in [0.717, 1.165) is 49.1 Å². The maximum atomic E-state index is 5.01. The van der Waals surface area contributed by atoms with Crippen LogP contribution in [0.3, 0.4) is 0 Å². The van der Waals surface area contributed by atoms with E-state index in [0.29, 0.717) is 0 Å². The number of anilines is 2. The number of para-hydroxylation sites is 1. The third-order valence-electron chi connectivity index (χ3n) is 5.12. The van der Waals surface area contributed by atoms with Crippen molar-refractivity contribution in [2.45, 2.75) is 25.7 Å². The summed E-state index contributed by atoms with van der Waals surface area (Å²) in [5, 5.41) is 2.42. The molecule has 0 atom stereocenters. The molecule has 0 bridgehead atoms. The minimum atomic E-state index is 0.892. The molecular weight excluding hydrogens is 286 g/mol. The number of H-pyrrole nitrogens is 1. The highest BCUT2D eigenvalue weighted by Crippen LogP contribution is 2.35. The molecule has 5 nitrogen and oxygen atoms in total. The van der Waals surface area contributed by atoms with Gasteiger partial charge in [0, 0.05) is 37.1 Å². The average molecular weight is 307 g/mol. The van der Waals surface area contributed by atoms with Crippen molar-refractivity contribution in [3.05, 3.63) is 24.3 Å². The van der Waals surface area contributed by atoms with Gasteiger partial charge in [-0.3, -0.25) is 0 Å². The molecular formula is C18H21N5. The summed E-state index contributed by atoms with van der Waals surface area (Å²) in [4.78, 5) is 18.1. The molecule has 2 aromatic heterocycles. The van der Waals surface area contributed by atoms with Crippen LogP contribution in [0.2, 0.25) is 0 Å². The number of aromatic amines is 1. The van der Waals surface area contributed by atoms with E-state index < -0.39 is 0 Å². The fraction of sp³-hybridized carbons (Fsp3) is 0.444. The van der Waals surface area contributed by atoms with Gasteiger partial charge in [0.05, 0.1) is 5.39 Å². The lowest BCUT2D eigenvalue weighted by molar-refractivity contribution is 0.882. The first-order chi connectivity index (χ1) is 11.4. The molecule has 0 amide bonds. The highest BCUT2D eigenvalue weighted by Gasteiger charge is 2.23. The fourth-order valence-electron chi connectivity index (χ4n) is 3.93. The molecule has 4 heterocycles. The Balaban J connectivity index is 1.77. The summed E-state index contributed by atoms with van der Waals surface area (Å²) in [5.74, 6) is 2.01. The topological polar surface area (TPSA) is 48.1 Å². The van der Waals surface area contributed by atoms with Crippen molar-refractivity contribution in [2.75, 3.05) is 36.0 Å². The van der Waals surface area contributed by atoms with Crippen molar-refractivity contribution in [1.29, 1.82) is 0 Å². The van der Waals surface area contributed by atoms with Crippen molar-refractivity contribution in [2.24, 2.45) is 0 Å². The summed E-state index contributed by atoms with van der Waals surface area (Å²) < 4.78 is 0. The lowest BCUT2D eigenvalue weighted by Crippen LogP contribution is -2.24. The van der Waals surface area contributed by atoms with Crippen molar-refractivity contribution in [3.8, 4) is 0 Å². The number of hydrogen-bond donors (Lipinski definition) is 1. The molecule has 1 N–H and O–H groups in total. The molecule has 3 aromatic rings. The second-order valence-corrected chi connectivity index (χ2v) is 6.63. The summed E-state index contributed by atoms with van der Waals surface area (Å²) in [6.07, 6.45) is 5.00. The minimum absolute atomic E-state index is 0.892. The number of benzene rings is 1. The van der Waals surface area contributed by atoms with Gasteiger partial charge in [0.15, 0.2) is 0 Å². The Bertz CT molecular complexity index is 856. The average Bonchev–Trinajstić information content (AvgIpc) is 3.32. The smallest absolute Gasteiger partial charge is 0.229 e. The molecule has 2 saturated heterocycles. The van der Waals surface area contributed by atoms with Crippen LogP contribution in [0.15, 0.2) is 24.3 Å². The van der Waals surface area contributed by atoms with Crippen LogP contribution in [-0.4, -0.2) is 41.1 Å². The van der Waals surface area contributed by atoms with Crippen LogP contribution in [0.4, 0.5) is 11.8 Å². The largest absolute Gasteiger partial charge is 0.356 e. The van der Waals surface area contributed by atoms with Crippen molar-refractivity contribution in [1.82, 2.24) is 15.0 Å². The molecule has 5 rings (SSSR count). The summed E-state index contributed by atoms with van der Waals surface area (Å²) in [6, 6.07) is 8.47. The molecule has 2 fully saturated rings. The summed E-state index contributed by atoms with van der Waals surface area (Å²) >= 11 is 0. The number of hydrogen-bond acceptors (Lipinski definition) is 4. The van der Waals surface area contributed by atoms with E-state index in [4.69, 9.17) is 9.97 Å². The van der Waals surface area contributed by atoms with Crippen molar-refractivity contribution >= 4 is 33.7 Å². The van der Waals surface area contributed by atoms with Crippen LogP contribution in [0.1, 0.15) is 25.7 Å². The van der Waals surface area contributed by atoms with E-state index in [9.17, 15) is 0 Å². The van der Waals surface area contributed by atoms with Gasteiger partial charge in [-0.25, -0.2) is 0 Å². The minimum Gasteiger partial charge on any atom is -0.356 e. The summed E-state index contributed by atoms with van der Waals surface area (Å²) in [7, 11) is 0. The molecule has 0 unspecified atom stereocenters. The van der Waals surface area contributed by atoms with Gasteiger partial charge in [0.1, 0.15) is 11.5 Å². The van der Waals surface area contributed by atoms with E-state index in [1.165, 1.54) is 36.5 Å². The van der Waals surface area contributed by atoms with E-state index in [1.807, 2.05) is 0 Å². The van der Waals surface area contributed by atoms with Crippen molar-refractivity contribution < 1.29 is 0 Å². The monoisotopic (exact) mass is 307 g/mol. The third kappa shape index (κ3) is 2.06. The second-order valence-electron chi connectivity index (χ2n) is 6.63. The fourth-order valence-corrected chi connectivity index (χ4v) is 3.93. The summed E-state index contributed by atoms with van der Waals surface area (Å²) in [6.45, 7) is 4.35. The Hall–Kier alpha value is -2.30. The van der Waals surface area contributed by atoms with E-state index in [2.05, 4.69) is 39.0 Å². The Kier molecular flexibility index (Phi) is 2.93. The zero-order chi connectivity index (χ0) is 15.2. The molecule has 5 heteroatoms. The van der Waals surface area contributed by atoms with Crippen LogP contribution >= 0.6 is 0 Å². The predicted molar refractivity (Wildman–Crippen MR) is 94.3 cm³/mol. The van der Waals surface area contributed by atoms with Gasteiger partial charge >= 0.3 is 0 Å². The first-order valence-corrected chi connectivity index (χ1v) is 8.68. The van der Waals surface area contributed by atoms with Crippen LogP contribution in [0.25, 0.3) is 21.9 Å². The van der Waals surface area contributed by atoms with Gasteiger partial charge in [-0.15, -0.1) is 0 Å². The van der Waals surface area contributed by atoms with Gasteiger partial charge in [0.25, 0.3) is 0 Å². The molecule has 2 aliphatic rings. The molecule has 0 saturated carbocycles. The molecule has 0 aliphatic carbocycles. The van der Waals surface area contributed by atoms with E-state index >= 15 is 0 Å². The Morgan fingerprint density at radius 2 is 1.52 bits per heavy atom. The SMILES string of the molecule is c1ccc2c(c1)[nH]c1nc(N3CCCC3)nc(N3CCCC3)c12. The van der Waals surface area contributed by atoms with Gasteiger partial charge in [-0.2, -0.15) is 9.97 Å². The van der Waals surface area contributed by atoms with Gasteiger partial charge in [-0.1, -0.05) is 18.2 Å². The number of nitrogens with one attached hydrogen (secondary N) is 1. The van der Waals surface area contributed by atoms with Gasteiger partial charge in [-0.05, 0) is 31.7 Å². The first-order valence-electron chi connectivity index (χ1n) is 8.68. The maximum absolute atomic E-state index is 5.01. The van der Waals surface area contributed by atoms with Crippen LogP contribution in [-0.2, 0) is 0 Å². The normalized spacial score (nSPS) is 18.6. The molecule has 23 heavy (non-hydrogen) atoms. The number of fused-ring (bicyclic) bond motifs is 3. The lowest BCUT2D eigenvalue weighted by Gasteiger charge is -2.21. The Morgan fingerprint density at radius 3 is 2.30 bits per heavy atom. The standard InChI is InChI=1S/C18H21N5/c1-2-8-14-13(7-1)15-16(19-14)20-18(23-11-5-6-12-23)21-17(15)22-9-3-4-10-22/h1-2,7-8H,3-6,9-12H2,(H,19,20,21).